The van der Waals surface area contributed by atoms with Gasteiger partial charge in [0.05, 0.1) is 0 Å². The maximum atomic E-state index is 11.6. The van der Waals surface area contributed by atoms with Gasteiger partial charge in [0.25, 0.3) is 5.24 Å². The van der Waals surface area contributed by atoms with E-state index in [9.17, 15) is 14.7 Å². The first-order chi connectivity index (χ1) is 11.6. The van der Waals surface area contributed by atoms with E-state index in [4.69, 9.17) is 0 Å². The predicted octanol–water partition coefficient (Wildman–Crippen LogP) is 4.20. The second-order valence-corrected chi connectivity index (χ2v) is 6.50. The van der Waals surface area contributed by atoms with Crippen LogP contribution in [0.25, 0.3) is 11.1 Å². The predicted molar refractivity (Wildman–Crippen MR) is 98.3 cm³/mol. The quantitative estimate of drug-likeness (QED) is 0.790. The van der Waals surface area contributed by atoms with Crippen LogP contribution < -0.4 is 5.32 Å². The zero-order valence-electron chi connectivity index (χ0n) is 13.6. The van der Waals surface area contributed by atoms with Crippen molar-refractivity contribution in [2.75, 3.05) is 6.54 Å². The van der Waals surface area contributed by atoms with Crippen molar-refractivity contribution in [2.24, 2.45) is 0 Å². The summed E-state index contributed by atoms with van der Waals surface area (Å²) in [4.78, 5) is 23.1. The summed E-state index contributed by atoms with van der Waals surface area (Å²) in [6.07, 6.45) is 1.01. The molecule has 0 aromatic heterocycles. The molecule has 5 heteroatoms. The van der Waals surface area contributed by atoms with Gasteiger partial charge in [-0.25, -0.2) is 0 Å². The van der Waals surface area contributed by atoms with E-state index in [-0.39, 0.29) is 5.24 Å². The molecular weight excluding hydrogens is 322 g/mol. The summed E-state index contributed by atoms with van der Waals surface area (Å²) in [6.45, 7) is 2.30. The molecule has 2 rings (SSSR count). The molecular formula is C19H21NO3S. The molecule has 2 aromatic rings. The number of nitrogens with one attached hydrogen (secondary N) is 1. The molecule has 0 bridgehead atoms. The van der Waals surface area contributed by atoms with Crippen molar-refractivity contribution in [3.05, 3.63) is 60.2 Å². The van der Waals surface area contributed by atoms with Crippen LogP contribution in [0, 0.1) is 0 Å². The number of aryl methyl sites for hydroxylation is 1. The van der Waals surface area contributed by atoms with Gasteiger partial charge in [0.2, 0.25) is 0 Å². The average molecular weight is 343 g/mol. The van der Waals surface area contributed by atoms with Crippen LogP contribution >= 0.6 is 11.8 Å². The first-order valence-corrected chi connectivity index (χ1v) is 8.80. The minimum absolute atomic E-state index is 0.291. The van der Waals surface area contributed by atoms with E-state index in [1.165, 1.54) is 0 Å². The normalized spacial score (nSPS) is 11.7. The van der Waals surface area contributed by atoms with Crippen LogP contribution in [0.3, 0.4) is 0 Å². The summed E-state index contributed by atoms with van der Waals surface area (Å²) >= 11 is 0.849. The lowest BCUT2D eigenvalue weighted by Gasteiger charge is -2.14. The minimum atomic E-state index is -0.955. The van der Waals surface area contributed by atoms with Crippen LogP contribution in [0.4, 0.5) is 4.79 Å². The molecule has 0 heterocycles. The fourth-order valence-electron chi connectivity index (χ4n) is 2.47. The van der Waals surface area contributed by atoms with E-state index in [0.29, 0.717) is 19.4 Å². The number of carboxylic acid groups (broad SMARTS) is 1. The van der Waals surface area contributed by atoms with Crippen LogP contribution in [-0.4, -0.2) is 28.1 Å². The number of aliphatic carboxylic acids is 1. The van der Waals surface area contributed by atoms with E-state index in [0.717, 1.165) is 28.5 Å². The Labute approximate surface area is 146 Å². The second-order valence-electron chi connectivity index (χ2n) is 5.32. The molecule has 0 saturated heterocycles. The molecule has 126 valence electrons. The van der Waals surface area contributed by atoms with Gasteiger partial charge in [-0.05, 0) is 48.2 Å². The number of carbonyl (C=O) groups excluding carboxylic acids is 1. The van der Waals surface area contributed by atoms with Gasteiger partial charge in [0.15, 0.2) is 0 Å². The van der Waals surface area contributed by atoms with Gasteiger partial charge < -0.3 is 10.4 Å². The summed E-state index contributed by atoms with van der Waals surface area (Å²) in [7, 11) is 0. The molecule has 0 aliphatic rings. The van der Waals surface area contributed by atoms with Gasteiger partial charge in [-0.3, -0.25) is 9.59 Å². The zero-order valence-corrected chi connectivity index (χ0v) is 14.4. The van der Waals surface area contributed by atoms with Crippen molar-refractivity contribution in [3.63, 3.8) is 0 Å². The van der Waals surface area contributed by atoms with Crippen molar-refractivity contribution in [3.8, 4) is 11.1 Å². The molecule has 2 aromatic carbocycles. The largest absolute Gasteiger partial charge is 0.480 e. The number of hydrogen-bond donors (Lipinski definition) is 2. The molecule has 1 atom stereocenters. The molecule has 2 N–H and O–H groups in total. The lowest BCUT2D eigenvalue weighted by molar-refractivity contribution is -0.136. The van der Waals surface area contributed by atoms with Gasteiger partial charge in [-0.15, -0.1) is 0 Å². The Bertz CT molecular complexity index is 688. The van der Waals surface area contributed by atoms with Gasteiger partial charge in [-0.1, -0.05) is 54.6 Å². The molecule has 0 aliphatic heterocycles. The van der Waals surface area contributed by atoms with E-state index < -0.39 is 11.2 Å². The maximum Gasteiger partial charge on any atom is 0.317 e. The van der Waals surface area contributed by atoms with Crippen molar-refractivity contribution in [1.82, 2.24) is 5.32 Å². The Morgan fingerprint density at radius 2 is 1.75 bits per heavy atom. The number of amides is 1. The Balaban J connectivity index is 2.10. The van der Waals surface area contributed by atoms with Gasteiger partial charge in [0.1, 0.15) is 5.25 Å². The average Bonchev–Trinajstić information content (AvgIpc) is 2.59. The highest BCUT2D eigenvalue weighted by Crippen LogP contribution is 2.26. The number of hydrogen-bond acceptors (Lipinski definition) is 3. The molecule has 1 unspecified atom stereocenters. The molecule has 0 radical (unpaired) electrons. The van der Waals surface area contributed by atoms with E-state index in [2.05, 4.69) is 5.32 Å². The van der Waals surface area contributed by atoms with E-state index in [1.807, 2.05) is 61.5 Å². The van der Waals surface area contributed by atoms with Crippen LogP contribution in [0.2, 0.25) is 0 Å². The summed E-state index contributed by atoms with van der Waals surface area (Å²) in [5, 5.41) is 10.9. The van der Waals surface area contributed by atoms with E-state index in [1.54, 1.807) is 0 Å². The molecule has 4 nitrogen and oxygen atoms in total. The molecule has 0 aliphatic carbocycles. The molecule has 0 fully saturated rings. The van der Waals surface area contributed by atoms with Crippen LogP contribution in [0.5, 0.6) is 0 Å². The van der Waals surface area contributed by atoms with Crippen LogP contribution in [0.1, 0.15) is 18.9 Å². The zero-order chi connectivity index (χ0) is 17.4. The highest BCUT2D eigenvalue weighted by atomic mass is 32.2. The standard InChI is InChI=1S/C19H21NO3S/c1-2-20-19(23)24-17(18(21)22)13-12-15-10-6-7-11-16(15)14-8-4-3-5-9-14/h3-11,17H,2,12-13H2,1H3,(H,20,23)(H,21,22). The number of carboxylic acids is 1. The number of thioether (sulfide) groups is 1. The van der Waals surface area contributed by atoms with Gasteiger partial charge in [0, 0.05) is 6.54 Å². The topological polar surface area (TPSA) is 66.4 Å². The SMILES string of the molecule is CCNC(=O)SC(CCc1ccccc1-c1ccccc1)C(=O)O. The summed E-state index contributed by atoms with van der Waals surface area (Å²) in [5.74, 6) is -0.955. The van der Waals surface area contributed by atoms with Crippen LogP contribution in [-0.2, 0) is 11.2 Å². The van der Waals surface area contributed by atoms with Crippen molar-refractivity contribution in [1.29, 1.82) is 0 Å². The summed E-state index contributed by atoms with van der Waals surface area (Å²) < 4.78 is 0. The Kier molecular flexibility index (Phi) is 6.88. The Hall–Kier alpha value is -2.27. The van der Waals surface area contributed by atoms with Crippen molar-refractivity contribution < 1.29 is 14.7 Å². The van der Waals surface area contributed by atoms with Gasteiger partial charge in [-0.2, -0.15) is 0 Å². The Morgan fingerprint density at radius 1 is 1.08 bits per heavy atom. The number of benzene rings is 2. The maximum absolute atomic E-state index is 11.6. The third-order valence-corrected chi connectivity index (χ3v) is 4.70. The minimum Gasteiger partial charge on any atom is -0.480 e. The molecule has 1 amide bonds. The first-order valence-electron chi connectivity index (χ1n) is 7.92. The fraction of sp³-hybridized carbons (Fsp3) is 0.263. The summed E-state index contributed by atoms with van der Waals surface area (Å²) in [5.41, 5.74) is 3.30. The van der Waals surface area contributed by atoms with Crippen LogP contribution in [0.15, 0.2) is 54.6 Å². The lowest BCUT2D eigenvalue weighted by atomic mass is 9.96. The number of carbonyl (C=O) groups is 2. The van der Waals surface area contributed by atoms with Crippen molar-refractivity contribution >= 4 is 23.0 Å². The lowest BCUT2D eigenvalue weighted by Crippen LogP contribution is -2.25. The molecule has 24 heavy (non-hydrogen) atoms. The molecule has 0 saturated carbocycles. The third-order valence-electron chi connectivity index (χ3n) is 3.62. The Morgan fingerprint density at radius 3 is 2.42 bits per heavy atom. The van der Waals surface area contributed by atoms with Gasteiger partial charge >= 0.3 is 5.97 Å². The second kappa shape index (κ2) is 9.13. The third kappa shape index (κ3) is 5.13. The first kappa shape index (κ1) is 18.1. The summed E-state index contributed by atoms with van der Waals surface area (Å²) in [6, 6.07) is 18.0. The van der Waals surface area contributed by atoms with E-state index >= 15 is 0 Å². The highest BCUT2D eigenvalue weighted by Gasteiger charge is 2.22. The highest BCUT2D eigenvalue weighted by molar-refractivity contribution is 8.14. The van der Waals surface area contributed by atoms with Crippen molar-refractivity contribution in [2.45, 2.75) is 25.0 Å². The fourth-order valence-corrected chi connectivity index (χ4v) is 3.29. The monoisotopic (exact) mass is 343 g/mol. The number of rotatable bonds is 7. The molecule has 0 spiro atoms. The smallest absolute Gasteiger partial charge is 0.317 e.